The van der Waals surface area contributed by atoms with Crippen LogP contribution in [-0.2, 0) is 0 Å². The Hall–Kier alpha value is -2.49. The molecule has 0 spiro atoms. The molecule has 0 saturated carbocycles. The van der Waals surface area contributed by atoms with Crippen molar-refractivity contribution in [1.29, 1.82) is 0 Å². The third-order valence-corrected chi connectivity index (χ3v) is 2.83. The van der Waals surface area contributed by atoms with Crippen molar-refractivity contribution in [2.75, 3.05) is 0 Å². The molecule has 0 aromatic carbocycles. The van der Waals surface area contributed by atoms with Gasteiger partial charge in [0.05, 0.1) is 10.5 Å². The van der Waals surface area contributed by atoms with Crippen LogP contribution in [0.5, 0.6) is 0 Å². The van der Waals surface area contributed by atoms with Gasteiger partial charge in [-0.3, -0.25) is 10.1 Å². The van der Waals surface area contributed by atoms with Gasteiger partial charge in [-0.25, -0.2) is 9.78 Å². The Morgan fingerprint density at radius 1 is 1.53 bits per heavy atom. The minimum Gasteiger partial charge on any atom is -0.478 e. The third-order valence-electron chi connectivity index (χ3n) is 1.97. The summed E-state index contributed by atoms with van der Waals surface area (Å²) >= 11 is 0.829. The van der Waals surface area contributed by atoms with Crippen LogP contribution in [0.2, 0.25) is 0 Å². The number of pyridine rings is 1. The molecule has 19 heavy (non-hydrogen) atoms. The Labute approximate surface area is 109 Å². The minimum atomic E-state index is -1.32. The van der Waals surface area contributed by atoms with Gasteiger partial charge in [-0.1, -0.05) is 0 Å². The van der Waals surface area contributed by atoms with E-state index in [1.807, 2.05) is 0 Å². The Bertz CT molecular complexity index is 656. The largest absolute Gasteiger partial charge is 0.478 e. The summed E-state index contributed by atoms with van der Waals surface area (Å²) in [6, 6.07) is 0.931. The van der Waals surface area contributed by atoms with E-state index in [0.29, 0.717) is 5.89 Å². The van der Waals surface area contributed by atoms with Gasteiger partial charge in [0.25, 0.3) is 10.9 Å². The van der Waals surface area contributed by atoms with Crippen LogP contribution in [0.3, 0.4) is 0 Å². The fourth-order valence-electron chi connectivity index (χ4n) is 1.18. The van der Waals surface area contributed by atoms with E-state index in [9.17, 15) is 14.9 Å². The number of carboxylic acids is 1. The lowest BCUT2D eigenvalue weighted by Gasteiger charge is -2.01. The van der Waals surface area contributed by atoms with Crippen molar-refractivity contribution in [1.82, 2.24) is 15.2 Å². The minimum absolute atomic E-state index is 0.0433. The molecule has 0 atom stereocenters. The average Bonchev–Trinajstić information content (AvgIpc) is 2.74. The summed E-state index contributed by atoms with van der Waals surface area (Å²) in [5, 5.41) is 27.0. The van der Waals surface area contributed by atoms with E-state index in [1.165, 1.54) is 0 Å². The van der Waals surface area contributed by atoms with Crippen molar-refractivity contribution in [3.05, 3.63) is 33.8 Å². The molecule has 0 aliphatic heterocycles. The average molecular weight is 282 g/mol. The van der Waals surface area contributed by atoms with Crippen LogP contribution in [0.15, 0.2) is 26.9 Å². The fraction of sp³-hybridized carbons (Fsp3) is 0.111. The van der Waals surface area contributed by atoms with Gasteiger partial charge in [0.2, 0.25) is 5.89 Å². The molecule has 0 aliphatic rings. The molecule has 0 saturated heterocycles. The molecule has 9 nitrogen and oxygen atoms in total. The van der Waals surface area contributed by atoms with Crippen molar-refractivity contribution < 1.29 is 19.2 Å². The first-order chi connectivity index (χ1) is 8.97. The lowest BCUT2D eigenvalue weighted by molar-refractivity contribution is -0.385. The number of hydrogen-bond donors (Lipinski definition) is 1. The first kappa shape index (κ1) is 13.0. The van der Waals surface area contributed by atoms with Crippen LogP contribution in [0.25, 0.3) is 0 Å². The molecular weight excluding hydrogens is 276 g/mol. The molecule has 2 rings (SSSR count). The number of nitro groups is 1. The predicted octanol–water partition coefficient (Wildman–Crippen LogP) is 1.53. The molecule has 0 bridgehead atoms. The molecule has 2 aromatic rings. The maximum Gasteiger partial charge on any atom is 0.338 e. The standard InChI is InChI=1S/C9H6N4O5S/c1-4-11-12-9(18-4)19-7-6(8(14)15)2-5(3-10-7)13(16)17/h2-3H,1H3,(H,14,15). The summed E-state index contributed by atoms with van der Waals surface area (Å²) < 4.78 is 5.07. The maximum absolute atomic E-state index is 11.0. The summed E-state index contributed by atoms with van der Waals surface area (Å²) in [5.41, 5.74) is -0.696. The number of carbonyl (C=O) groups is 1. The molecule has 98 valence electrons. The summed E-state index contributed by atoms with van der Waals surface area (Å²) in [6.45, 7) is 1.58. The van der Waals surface area contributed by atoms with Crippen LogP contribution in [0, 0.1) is 17.0 Å². The zero-order valence-corrected chi connectivity index (χ0v) is 10.2. The van der Waals surface area contributed by atoms with Crippen molar-refractivity contribution in [3.8, 4) is 0 Å². The highest BCUT2D eigenvalue weighted by molar-refractivity contribution is 7.99. The number of carboxylic acid groups (broad SMARTS) is 1. The van der Waals surface area contributed by atoms with E-state index >= 15 is 0 Å². The molecule has 2 aromatic heterocycles. The second-order valence-corrected chi connectivity index (χ2v) is 4.24. The molecule has 1 N–H and O–H groups in total. The van der Waals surface area contributed by atoms with Crippen LogP contribution < -0.4 is 0 Å². The SMILES string of the molecule is Cc1nnc(Sc2ncc([N+](=O)[O-])cc2C(=O)O)o1. The Kier molecular flexibility index (Phi) is 3.42. The number of nitrogens with zero attached hydrogens (tertiary/aromatic N) is 4. The third kappa shape index (κ3) is 2.85. The van der Waals surface area contributed by atoms with Crippen LogP contribution in [0.1, 0.15) is 16.2 Å². The van der Waals surface area contributed by atoms with Gasteiger partial charge >= 0.3 is 5.97 Å². The van der Waals surface area contributed by atoms with Gasteiger partial charge in [-0.15, -0.1) is 10.2 Å². The van der Waals surface area contributed by atoms with Gasteiger partial charge in [-0.05, 0) is 11.8 Å². The van der Waals surface area contributed by atoms with E-state index in [-0.39, 0.29) is 15.8 Å². The molecule has 0 fully saturated rings. The van der Waals surface area contributed by atoms with Gasteiger partial charge in [0, 0.05) is 13.0 Å². The first-order valence-corrected chi connectivity index (χ1v) is 5.64. The second kappa shape index (κ2) is 5.02. The van der Waals surface area contributed by atoms with Crippen molar-refractivity contribution in [3.63, 3.8) is 0 Å². The zero-order chi connectivity index (χ0) is 14.0. The lowest BCUT2D eigenvalue weighted by Crippen LogP contribution is -2.02. The van der Waals surface area contributed by atoms with Crippen LogP contribution in [-0.4, -0.2) is 31.2 Å². The quantitative estimate of drug-likeness (QED) is 0.654. The fourth-order valence-corrected chi connectivity index (χ4v) is 1.95. The summed E-state index contributed by atoms with van der Waals surface area (Å²) in [5.74, 6) is -1.00. The molecule has 0 amide bonds. The highest BCUT2D eigenvalue weighted by atomic mass is 32.2. The van der Waals surface area contributed by atoms with Crippen LogP contribution >= 0.6 is 11.8 Å². The zero-order valence-electron chi connectivity index (χ0n) is 9.43. The van der Waals surface area contributed by atoms with E-state index < -0.39 is 16.6 Å². The predicted molar refractivity (Wildman–Crippen MR) is 61.0 cm³/mol. The normalized spacial score (nSPS) is 10.4. The number of rotatable bonds is 4. The highest BCUT2D eigenvalue weighted by Crippen LogP contribution is 2.29. The first-order valence-electron chi connectivity index (χ1n) is 4.83. The summed E-state index contributed by atoms with van der Waals surface area (Å²) in [7, 11) is 0. The Morgan fingerprint density at radius 3 is 2.79 bits per heavy atom. The van der Waals surface area contributed by atoms with Crippen molar-refractivity contribution >= 4 is 23.4 Å². The number of aryl methyl sites for hydroxylation is 1. The van der Waals surface area contributed by atoms with Crippen molar-refractivity contribution in [2.24, 2.45) is 0 Å². The van der Waals surface area contributed by atoms with Crippen LogP contribution in [0.4, 0.5) is 5.69 Å². The second-order valence-electron chi connectivity index (χ2n) is 3.30. The summed E-state index contributed by atoms with van der Waals surface area (Å²) in [6.07, 6.45) is 0.970. The monoisotopic (exact) mass is 282 g/mol. The maximum atomic E-state index is 11.0. The topological polar surface area (TPSA) is 132 Å². The van der Waals surface area contributed by atoms with Gasteiger partial charge in [0.1, 0.15) is 11.2 Å². The molecule has 2 heterocycles. The molecule has 0 radical (unpaired) electrons. The van der Waals surface area contributed by atoms with E-state index in [1.54, 1.807) is 6.92 Å². The van der Waals surface area contributed by atoms with E-state index in [4.69, 9.17) is 9.52 Å². The number of aromatic nitrogens is 3. The molecule has 10 heteroatoms. The number of aromatic carboxylic acids is 1. The van der Waals surface area contributed by atoms with Crippen molar-refractivity contribution in [2.45, 2.75) is 17.2 Å². The Balaban J connectivity index is 2.39. The van der Waals surface area contributed by atoms with E-state index in [0.717, 1.165) is 24.0 Å². The number of hydrogen-bond acceptors (Lipinski definition) is 8. The smallest absolute Gasteiger partial charge is 0.338 e. The highest BCUT2D eigenvalue weighted by Gasteiger charge is 2.20. The van der Waals surface area contributed by atoms with Gasteiger partial charge in [-0.2, -0.15) is 0 Å². The molecule has 0 aliphatic carbocycles. The lowest BCUT2D eigenvalue weighted by atomic mass is 10.3. The molecular formula is C9H6N4O5S. The Morgan fingerprint density at radius 2 is 2.26 bits per heavy atom. The summed E-state index contributed by atoms with van der Waals surface area (Å²) in [4.78, 5) is 24.6. The van der Waals surface area contributed by atoms with Gasteiger partial charge in [0.15, 0.2) is 0 Å². The molecule has 0 unspecified atom stereocenters. The van der Waals surface area contributed by atoms with Gasteiger partial charge < -0.3 is 9.52 Å². The van der Waals surface area contributed by atoms with E-state index in [2.05, 4.69) is 15.2 Å².